The van der Waals surface area contributed by atoms with Gasteiger partial charge in [0.15, 0.2) is 0 Å². The van der Waals surface area contributed by atoms with E-state index in [-0.39, 0.29) is 6.04 Å². The van der Waals surface area contributed by atoms with E-state index in [1.165, 1.54) is 0 Å². The number of rotatable bonds is 3. The molecule has 1 fully saturated rings. The van der Waals surface area contributed by atoms with Gasteiger partial charge >= 0.3 is 0 Å². The zero-order chi connectivity index (χ0) is 14.7. The Kier molecular flexibility index (Phi) is 4.13. The smallest absolute Gasteiger partial charge is 0.126 e. The summed E-state index contributed by atoms with van der Waals surface area (Å²) >= 11 is 0. The Hall–Kier alpha value is -1.98. The number of benzene rings is 1. The van der Waals surface area contributed by atoms with E-state index in [0.29, 0.717) is 6.61 Å². The third-order valence-corrected chi connectivity index (χ3v) is 3.52. The van der Waals surface area contributed by atoms with Gasteiger partial charge in [0, 0.05) is 12.1 Å². The standard InChI is InChI=1S/C16H19N3O2/c1-11-18-14(12-3-5-13(20-2)6-4-12)9-15(19-11)16-10-21-8-7-17-16/h3-6,9,16-17H,7-8,10H2,1-2H3. The zero-order valence-corrected chi connectivity index (χ0v) is 12.3. The summed E-state index contributed by atoms with van der Waals surface area (Å²) in [7, 11) is 1.66. The Labute approximate surface area is 124 Å². The van der Waals surface area contributed by atoms with Gasteiger partial charge in [-0.15, -0.1) is 0 Å². The predicted octanol–water partition coefficient (Wildman–Crippen LogP) is 2.12. The van der Waals surface area contributed by atoms with Gasteiger partial charge in [-0.05, 0) is 37.3 Å². The molecule has 2 heterocycles. The molecule has 21 heavy (non-hydrogen) atoms. The Balaban J connectivity index is 1.92. The average Bonchev–Trinajstić information content (AvgIpc) is 2.55. The number of hydrogen-bond donors (Lipinski definition) is 1. The van der Waals surface area contributed by atoms with Gasteiger partial charge in [-0.2, -0.15) is 0 Å². The molecule has 1 aromatic carbocycles. The summed E-state index contributed by atoms with van der Waals surface area (Å²) in [4.78, 5) is 9.07. The van der Waals surface area contributed by atoms with Crippen LogP contribution in [0.25, 0.3) is 11.3 Å². The zero-order valence-electron chi connectivity index (χ0n) is 12.3. The number of hydrogen-bond acceptors (Lipinski definition) is 5. The maximum atomic E-state index is 5.51. The number of ether oxygens (including phenoxy) is 2. The minimum atomic E-state index is 0.137. The van der Waals surface area contributed by atoms with Gasteiger partial charge in [-0.1, -0.05) is 0 Å². The molecule has 1 N–H and O–H groups in total. The van der Waals surface area contributed by atoms with Crippen LogP contribution in [0.4, 0.5) is 0 Å². The lowest BCUT2D eigenvalue weighted by Crippen LogP contribution is -2.35. The molecule has 0 radical (unpaired) electrons. The van der Waals surface area contributed by atoms with Crippen molar-refractivity contribution >= 4 is 0 Å². The van der Waals surface area contributed by atoms with E-state index >= 15 is 0 Å². The topological polar surface area (TPSA) is 56.3 Å². The largest absolute Gasteiger partial charge is 0.497 e. The molecule has 1 atom stereocenters. The van der Waals surface area contributed by atoms with Crippen molar-refractivity contribution in [1.29, 1.82) is 0 Å². The summed E-state index contributed by atoms with van der Waals surface area (Å²) < 4.78 is 10.7. The van der Waals surface area contributed by atoms with Crippen molar-refractivity contribution in [3.63, 3.8) is 0 Å². The minimum absolute atomic E-state index is 0.137. The van der Waals surface area contributed by atoms with E-state index in [2.05, 4.69) is 15.3 Å². The highest BCUT2D eigenvalue weighted by Gasteiger charge is 2.18. The summed E-state index contributed by atoms with van der Waals surface area (Å²) in [5, 5.41) is 3.42. The van der Waals surface area contributed by atoms with Crippen molar-refractivity contribution < 1.29 is 9.47 Å². The first-order valence-corrected chi connectivity index (χ1v) is 7.07. The van der Waals surface area contributed by atoms with Gasteiger partial charge in [-0.25, -0.2) is 9.97 Å². The number of morpholine rings is 1. The molecule has 1 unspecified atom stereocenters. The highest BCUT2D eigenvalue weighted by molar-refractivity contribution is 5.60. The summed E-state index contributed by atoms with van der Waals surface area (Å²) in [6, 6.07) is 10.1. The molecule has 1 saturated heterocycles. The number of aromatic nitrogens is 2. The molecular weight excluding hydrogens is 266 g/mol. The van der Waals surface area contributed by atoms with Crippen LogP contribution in [0.15, 0.2) is 30.3 Å². The quantitative estimate of drug-likeness (QED) is 0.936. The van der Waals surface area contributed by atoms with Crippen LogP contribution in [0.5, 0.6) is 5.75 Å². The summed E-state index contributed by atoms with van der Waals surface area (Å²) in [5.41, 5.74) is 2.96. The van der Waals surface area contributed by atoms with E-state index < -0.39 is 0 Å². The molecule has 2 aromatic rings. The lowest BCUT2D eigenvalue weighted by molar-refractivity contribution is 0.0755. The van der Waals surface area contributed by atoms with Crippen LogP contribution < -0.4 is 10.1 Å². The molecule has 110 valence electrons. The maximum Gasteiger partial charge on any atom is 0.126 e. The second kappa shape index (κ2) is 6.20. The predicted molar refractivity (Wildman–Crippen MR) is 80.3 cm³/mol. The first kappa shape index (κ1) is 14.0. The Bertz CT molecular complexity index is 607. The molecule has 0 spiro atoms. The molecule has 0 aliphatic carbocycles. The molecule has 0 amide bonds. The van der Waals surface area contributed by atoms with Crippen LogP contribution in [-0.4, -0.2) is 36.8 Å². The Morgan fingerprint density at radius 3 is 2.71 bits per heavy atom. The minimum Gasteiger partial charge on any atom is -0.497 e. The summed E-state index contributed by atoms with van der Waals surface area (Å²) in [5.74, 6) is 1.61. The summed E-state index contributed by atoms with van der Waals surface area (Å²) in [6.45, 7) is 4.18. The number of aryl methyl sites for hydroxylation is 1. The molecule has 1 aromatic heterocycles. The van der Waals surface area contributed by atoms with Crippen molar-refractivity contribution in [1.82, 2.24) is 15.3 Å². The molecule has 5 nitrogen and oxygen atoms in total. The third-order valence-electron chi connectivity index (χ3n) is 3.52. The van der Waals surface area contributed by atoms with Crippen LogP contribution in [0.1, 0.15) is 17.6 Å². The average molecular weight is 285 g/mol. The van der Waals surface area contributed by atoms with Crippen molar-refractivity contribution in [3.8, 4) is 17.0 Å². The van der Waals surface area contributed by atoms with Gasteiger partial charge in [0.05, 0.1) is 37.8 Å². The number of nitrogens with zero attached hydrogens (tertiary/aromatic N) is 2. The second-order valence-corrected chi connectivity index (χ2v) is 5.04. The SMILES string of the molecule is COc1ccc(-c2cc(C3COCCN3)nc(C)n2)cc1. The number of methoxy groups -OCH3 is 1. The fourth-order valence-corrected chi connectivity index (χ4v) is 2.43. The number of nitrogens with one attached hydrogen (secondary N) is 1. The lowest BCUT2D eigenvalue weighted by Gasteiger charge is -2.23. The van der Waals surface area contributed by atoms with Gasteiger partial charge in [0.2, 0.25) is 0 Å². The molecule has 1 aliphatic heterocycles. The first-order chi connectivity index (χ1) is 10.3. The lowest BCUT2D eigenvalue weighted by atomic mass is 10.1. The molecule has 0 saturated carbocycles. The monoisotopic (exact) mass is 285 g/mol. The Morgan fingerprint density at radius 2 is 2.05 bits per heavy atom. The fraction of sp³-hybridized carbons (Fsp3) is 0.375. The van der Waals surface area contributed by atoms with E-state index in [9.17, 15) is 0 Å². The Morgan fingerprint density at radius 1 is 1.24 bits per heavy atom. The van der Waals surface area contributed by atoms with Crippen molar-refractivity contribution in [2.45, 2.75) is 13.0 Å². The van der Waals surface area contributed by atoms with E-state index in [1.807, 2.05) is 37.3 Å². The maximum absolute atomic E-state index is 5.51. The first-order valence-electron chi connectivity index (χ1n) is 7.07. The molecule has 5 heteroatoms. The van der Waals surface area contributed by atoms with Gasteiger partial charge < -0.3 is 14.8 Å². The van der Waals surface area contributed by atoms with E-state index in [4.69, 9.17) is 9.47 Å². The molecular formula is C16H19N3O2. The molecule has 3 rings (SSSR count). The molecule has 1 aliphatic rings. The van der Waals surface area contributed by atoms with E-state index in [0.717, 1.165) is 41.7 Å². The van der Waals surface area contributed by atoms with Crippen LogP contribution in [0.2, 0.25) is 0 Å². The normalized spacial score (nSPS) is 18.5. The van der Waals surface area contributed by atoms with Gasteiger partial charge in [-0.3, -0.25) is 0 Å². The van der Waals surface area contributed by atoms with Crippen LogP contribution in [0.3, 0.4) is 0 Å². The fourth-order valence-electron chi connectivity index (χ4n) is 2.43. The van der Waals surface area contributed by atoms with Crippen molar-refractivity contribution in [2.75, 3.05) is 26.9 Å². The van der Waals surface area contributed by atoms with Gasteiger partial charge in [0.25, 0.3) is 0 Å². The molecule has 0 bridgehead atoms. The third kappa shape index (κ3) is 3.20. The summed E-state index contributed by atoms with van der Waals surface area (Å²) in [6.07, 6.45) is 0. The second-order valence-electron chi connectivity index (χ2n) is 5.04. The van der Waals surface area contributed by atoms with E-state index in [1.54, 1.807) is 7.11 Å². The van der Waals surface area contributed by atoms with Gasteiger partial charge in [0.1, 0.15) is 11.6 Å². The van der Waals surface area contributed by atoms with Crippen LogP contribution >= 0.6 is 0 Å². The van der Waals surface area contributed by atoms with Crippen molar-refractivity contribution in [2.24, 2.45) is 0 Å². The highest BCUT2D eigenvalue weighted by atomic mass is 16.5. The van der Waals surface area contributed by atoms with Crippen molar-refractivity contribution in [3.05, 3.63) is 41.9 Å². The highest BCUT2D eigenvalue weighted by Crippen LogP contribution is 2.23. The van der Waals surface area contributed by atoms with Crippen LogP contribution in [-0.2, 0) is 4.74 Å². The van der Waals surface area contributed by atoms with Crippen LogP contribution in [0, 0.1) is 6.92 Å².